The molecule has 0 bridgehead atoms. The number of primary amides is 1. The summed E-state index contributed by atoms with van der Waals surface area (Å²) in [6.07, 6.45) is 2.99. The Labute approximate surface area is 271 Å². The standard InChI is InChI=1S/C35H37F2N5O5/c1-40-15-17-41(18-16-40)14-3-19-46-32-22-28-26(21-31(32)45-2)29(10-13-39-28)47-30-9-8-25(20-27(30)37)42(24-6-4-23(36)5-7-24)34(44)35(11-12-35)33(38)43/h4-10,13,20-22H,3,11-12,14-19H2,1-2H3,(H2,38,43). The van der Waals surface area contributed by atoms with Gasteiger partial charge in [0, 0.05) is 62.1 Å². The lowest BCUT2D eigenvalue weighted by Gasteiger charge is -2.32. The summed E-state index contributed by atoms with van der Waals surface area (Å²) in [5, 5.41) is 0.581. The van der Waals surface area contributed by atoms with Crippen LogP contribution in [0, 0.1) is 17.0 Å². The number of nitrogens with zero attached hydrogens (tertiary/aromatic N) is 4. The first kappa shape index (κ1) is 32.1. The van der Waals surface area contributed by atoms with Crippen LogP contribution in [0.2, 0.25) is 0 Å². The van der Waals surface area contributed by atoms with Crippen molar-refractivity contribution in [1.29, 1.82) is 0 Å². The second-order valence-corrected chi connectivity index (χ2v) is 12.0. The highest BCUT2D eigenvalue weighted by Gasteiger charge is 2.57. The number of likely N-dealkylation sites (N-methyl/N-ethyl adjacent to an activating group) is 1. The van der Waals surface area contributed by atoms with Crippen LogP contribution in [0.5, 0.6) is 23.0 Å². The van der Waals surface area contributed by atoms with Gasteiger partial charge in [0.15, 0.2) is 23.1 Å². The van der Waals surface area contributed by atoms with Crippen molar-refractivity contribution in [2.24, 2.45) is 11.1 Å². The fourth-order valence-corrected chi connectivity index (χ4v) is 5.74. The van der Waals surface area contributed by atoms with Crippen molar-refractivity contribution in [1.82, 2.24) is 14.8 Å². The van der Waals surface area contributed by atoms with E-state index in [1.807, 2.05) is 0 Å². The SMILES string of the molecule is COc1cc2c(Oc3ccc(N(C(=O)C4(C(N)=O)CC4)c4ccc(F)cc4)cc3F)ccnc2cc1OCCCN1CCN(C)CC1. The predicted molar refractivity (Wildman–Crippen MR) is 173 cm³/mol. The molecule has 1 aliphatic heterocycles. The number of fused-ring (bicyclic) bond motifs is 1. The number of methoxy groups -OCH3 is 1. The van der Waals surface area contributed by atoms with E-state index in [-0.39, 0.29) is 30.0 Å². The smallest absolute Gasteiger partial charge is 0.247 e. The van der Waals surface area contributed by atoms with E-state index in [0.29, 0.717) is 34.8 Å². The number of piperazine rings is 1. The lowest BCUT2D eigenvalue weighted by atomic mass is 10.0. The van der Waals surface area contributed by atoms with E-state index in [1.165, 1.54) is 41.3 Å². The molecule has 47 heavy (non-hydrogen) atoms. The summed E-state index contributed by atoms with van der Waals surface area (Å²) in [5.74, 6) is -1.36. The third kappa shape index (κ3) is 6.84. The van der Waals surface area contributed by atoms with Gasteiger partial charge < -0.3 is 29.7 Å². The molecule has 0 radical (unpaired) electrons. The normalized spacial score (nSPS) is 16.1. The molecule has 1 aromatic heterocycles. The van der Waals surface area contributed by atoms with Crippen molar-refractivity contribution >= 4 is 34.1 Å². The largest absolute Gasteiger partial charge is 0.493 e. The molecule has 2 heterocycles. The predicted octanol–water partition coefficient (Wildman–Crippen LogP) is 5.26. The summed E-state index contributed by atoms with van der Waals surface area (Å²) in [7, 11) is 3.68. The minimum absolute atomic E-state index is 0.105. The Morgan fingerprint density at radius 3 is 2.30 bits per heavy atom. The average Bonchev–Trinajstić information content (AvgIpc) is 3.89. The highest BCUT2D eigenvalue weighted by Crippen LogP contribution is 2.49. The molecule has 4 aromatic rings. The first-order valence-electron chi connectivity index (χ1n) is 15.6. The summed E-state index contributed by atoms with van der Waals surface area (Å²) in [6.45, 7) is 5.69. The molecule has 0 atom stereocenters. The van der Waals surface area contributed by atoms with Crippen LogP contribution in [-0.2, 0) is 9.59 Å². The summed E-state index contributed by atoms with van der Waals surface area (Å²) in [6, 6.07) is 14.3. The third-order valence-corrected chi connectivity index (χ3v) is 8.77. The number of anilines is 2. The maximum atomic E-state index is 15.7. The molecule has 2 aliphatic rings. The number of halogens is 2. The Morgan fingerprint density at radius 1 is 0.915 bits per heavy atom. The fraction of sp³-hybridized carbons (Fsp3) is 0.343. The molecule has 0 spiro atoms. The zero-order valence-corrected chi connectivity index (χ0v) is 26.4. The van der Waals surface area contributed by atoms with E-state index in [9.17, 15) is 14.0 Å². The molecule has 2 fully saturated rings. The van der Waals surface area contributed by atoms with Gasteiger partial charge in [0.1, 0.15) is 17.0 Å². The van der Waals surface area contributed by atoms with E-state index in [4.69, 9.17) is 19.9 Å². The molecule has 1 aliphatic carbocycles. The van der Waals surface area contributed by atoms with Crippen LogP contribution in [0.4, 0.5) is 20.2 Å². The van der Waals surface area contributed by atoms with Crippen molar-refractivity contribution in [3.05, 3.63) is 78.5 Å². The Balaban J connectivity index is 1.21. The van der Waals surface area contributed by atoms with Crippen molar-refractivity contribution in [3.8, 4) is 23.0 Å². The van der Waals surface area contributed by atoms with Gasteiger partial charge in [-0.1, -0.05) is 0 Å². The zero-order chi connectivity index (χ0) is 33.1. The fourth-order valence-electron chi connectivity index (χ4n) is 5.74. The minimum Gasteiger partial charge on any atom is -0.493 e. The van der Waals surface area contributed by atoms with Crippen LogP contribution in [-0.4, -0.2) is 80.1 Å². The molecule has 2 N–H and O–H groups in total. The average molecular weight is 646 g/mol. The van der Waals surface area contributed by atoms with Crippen molar-refractivity contribution < 1.29 is 32.6 Å². The van der Waals surface area contributed by atoms with E-state index in [2.05, 4.69) is 21.8 Å². The van der Waals surface area contributed by atoms with Crippen LogP contribution in [0.3, 0.4) is 0 Å². The van der Waals surface area contributed by atoms with E-state index >= 15 is 4.39 Å². The number of pyridine rings is 1. The van der Waals surface area contributed by atoms with Crippen LogP contribution >= 0.6 is 0 Å². The number of nitrogens with two attached hydrogens (primary N) is 1. The summed E-state index contributed by atoms with van der Waals surface area (Å²) < 4.78 is 47.1. The van der Waals surface area contributed by atoms with Gasteiger partial charge in [-0.25, -0.2) is 8.78 Å². The second-order valence-electron chi connectivity index (χ2n) is 12.0. The molecule has 6 rings (SSSR count). The number of carbonyl (C=O) groups excluding carboxylic acids is 2. The van der Waals surface area contributed by atoms with Crippen LogP contribution < -0.4 is 24.8 Å². The zero-order valence-electron chi connectivity index (χ0n) is 26.4. The third-order valence-electron chi connectivity index (χ3n) is 8.77. The highest BCUT2D eigenvalue weighted by molar-refractivity contribution is 6.16. The minimum atomic E-state index is -1.39. The van der Waals surface area contributed by atoms with E-state index < -0.39 is 28.9 Å². The quantitative estimate of drug-likeness (QED) is 0.164. The Bertz CT molecular complexity index is 1770. The van der Waals surface area contributed by atoms with Gasteiger partial charge in [-0.05, 0) is 74.8 Å². The van der Waals surface area contributed by atoms with E-state index in [0.717, 1.165) is 45.2 Å². The van der Waals surface area contributed by atoms with Gasteiger partial charge in [-0.2, -0.15) is 0 Å². The number of aromatic nitrogens is 1. The number of carbonyl (C=O) groups is 2. The Kier molecular flexibility index (Phi) is 9.24. The van der Waals surface area contributed by atoms with Crippen molar-refractivity contribution in [3.63, 3.8) is 0 Å². The molecular formula is C35H37F2N5O5. The van der Waals surface area contributed by atoms with Gasteiger partial charge in [0.25, 0.3) is 0 Å². The first-order chi connectivity index (χ1) is 22.7. The maximum Gasteiger partial charge on any atom is 0.247 e. The van der Waals surface area contributed by atoms with Gasteiger partial charge in [0.2, 0.25) is 11.8 Å². The molecular weight excluding hydrogens is 608 g/mol. The Morgan fingerprint density at radius 2 is 1.64 bits per heavy atom. The van der Waals surface area contributed by atoms with Crippen molar-refractivity contribution in [2.45, 2.75) is 19.3 Å². The lowest BCUT2D eigenvalue weighted by molar-refractivity contribution is -0.133. The number of amides is 2. The molecule has 12 heteroatoms. The summed E-state index contributed by atoms with van der Waals surface area (Å²) in [4.78, 5) is 36.2. The molecule has 1 saturated carbocycles. The number of hydrogen-bond donors (Lipinski definition) is 1. The number of hydrogen-bond acceptors (Lipinski definition) is 8. The first-order valence-corrected chi connectivity index (χ1v) is 15.6. The van der Waals surface area contributed by atoms with Crippen LogP contribution in [0.25, 0.3) is 10.9 Å². The molecule has 246 valence electrons. The second kappa shape index (κ2) is 13.5. The number of rotatable bonds is 12. The van der Waals surface area contributed by atoms with E-state index in [1.54, 1.807) is 31.5 Å². The molecule has 0 unspecified atom stereocenters. The topological polar surface area (TPSA) is 110 Å². The highest BCUT2D eigenvalue weighted by atomic mass is 19.1. The van der Waals surface area contributed by atoms with Crippen LogP contribution in [0.15, 0.2) is 66.9 Å². The molecule has 2 amide bonds. The Hall–Kier alpha value is -4.81. The maximum absolute atomic E-state index is 15.7. The van der Waals surface area contributed by atoms with Gasteiger partial charge in [-0.3, -0.25) is 19.5 Å². The van der Waals surface area contributed by atoms with Crippen LogP contribution in [0.1, 0.15) is 19.3 Å². The van der Waals surface area contributed by atoms with Crippen molar-refractivity contribution in [2.75, 3.05) is 58.4 Å². The summed E-state index contributed by atoms with van der Waals surface area (Å²) >= 11 is 0. The number of ether oxygens (including phenoxy) is 3. The van der Waals surface area contributed by atoms with Gasteiger partial charge >= 0.3 is 0 Å². The molecule has 10 nitrogen and oxygen atoms in total. The molecule has 3 aromatic carbocycles. The summed E-state index contributed by atoms with van der Waals surface area (Å²) in [5.41, 5.74) is 5.15. The van der Waals surface area contributed by atoms with Gasteiger partial charge in [0.05, 0.1) is 24.9 Å². The van der Waals surface area contributed by atoms with Gasteiger partial charge in [-0.15, -0.1) is 0 Å². The monoisotopic (exact) mass is 645 g/mol. The molecule has 1 saturated heterocycles. The lowest BCUT2D eigenvalue weighted by Crippen LogP contribution is -2.44. The number of benzene rings is 3.